The van der Waals surface area contributed by atoms with Crippen LogP contribution in [0.2, 0.25) is 5.02 Å². The van der Waals surface area contributed by atoms with Crippen LogP contribution in [0.25, 0.3) is 17.5 Å². The number of rotatable bonds is 5. The van der Waals surface area contributed by atoms with E-state index < -0.39 is 17.9 Å². The first-order chi connectivity index (χ1) is 12.9. The predicted octanol–water partition coefficient (Wildman–Crippen LogP) is 4.99. The minimum Gasteiger partial charge on any atom is -0.449 e. The van der Waals surface area contributed by atoms with Crippen molar-refractivity contribution >= 4 is 23.6 Å². The van der Waals surface area contributed by atoms with E-state index in [2.05, 4.69) is 10.2 Å². The summed E-state index contributed by atoms with van der Waals surface area (Å²) in [7, 11) is 0. The highest BCUT2D eigenvalue weighted by atomic mass is 35.5. The van der Waals surface area contributed by atoms with Crippen LogP contribution in [0.5, 0.6) is 0 Å². The summed E-state index contributed by atoms with van der Waals surface area (Å²) in [6, 6.07) is 9.61. The lowest BCUT2D eigenvalue weighted by Crippen LogP contribution is -2.06. The number of halogens is 3. The van der Waals surface area contributed by atoms with Crippen molar-refractivity contribution in [1.82, 2.24) is 10.2 Å². The van der Waals surface area contributed by atoms with Gasteiger partial charge in [0.2, 0.25) is 5.89 Å². The smallest absolute Gasteiger partial charge is 0.331 e. The second-order valence-electron chi connectivity index (χ2n) is 5.54. The molecule has 0 aliphatic rings. The third-order valence-corrected chi connectivity index (χ3v) is 3.82. The molecule has 3 aromatic rings. The standard InChI is InChI=1S/C19H13ClF2N2O3/c1-11(18-23-24-19(27-18)13-4-6-14(21)7-5-13)26-17(25)9-3-12-2-8-16(22)15(20)10-12/h2-11H,1H3/b9-3+/t11-/m0/s1. The van der Waals surface area contributed by atoms with Gasteiger partial charge in [0.25, 0.3) is 5.89 Å². The maximum atomic E-state index is 13.1. The van der Waals surface area contributed by atoms with Crippen molar-refractivity contribution in [3.05, 3.63) is 76.7 Å². The minimum atomic E-state index is -0.791. The van der Waals surface area contributed by atoms with Crippen LogP contribution in [0, 0.1) is 11.6 Å². The van der Waals surface area contributed by atoms with Crippen molar-refractivity contribution in [2.75, 3.05) is 0 Å². The highest BCUT2D eigenvalue weighted by Crippen LogP contribution is 2.23. The first kappa shape index (κ1) is 18.7. The lowest BCUT2D eigenvalue weighted by atomic mass is 10.2. The fraction of sp³-hybridized carbons (Fsp3) is 0.105. The van der Waals surface area contributed by atoms with Crippen molar-refractivity contribution in [2.24, 2.45) is 0 Å². The first-order valence-electron chi connectivity index (χ1n) is 7.85. The SMILES string of the molecule is C[C@H](OC(=O)/C=C/c1ccc(F)c(Cl)c1)c1nnc(-c2ccc(F)cc2)o1. The van der Waals surface area contributed by atoms with Gasteiger partial charge in [-0.2, -0.15) is 0 Å². The molecule has 1 heterocycles. The van der Waals surface area contributed by atoms with Crippen LogP contribution in [0.15, 0.2) is 53.0 Å². The molecular weight excluding hydrogens is 378 g/mol. The zero-order valence-electron chi connectivity index (χ0n) is 14.0. The Morgan fingerprint density at radius 3 is 2.63 bits per heavy atom. The van der Waals surface area contributed by atoms with Crippen molar-refractivity contribution in [3.8, 4) is 11.5 Å². The van der Waals surface area contributed by atoms with E-state index in [9.17, 15) is 13.6 Å². The van der Waals surface area contributed by atoms with Crippen LogP contribution in [-0.2, 0) is 9.53 Å². The molecule has 1 atom stereocenters. The quantitative estimate of drug-likeness (QED) is 0.454. The number of nitrogens with zero attached hydrogens (tertiary/aromatic N) is 2. The normalized spacial score (nSPS) is 12.3. The van der Waals surface area contributed by atoms with Gasteiger partial charge in [-0.1, -0.05) is 17.7 Å². The summed E-state index contributed by atoms with van der Waals surface area (Å²) in [5.74, 6) is -1.29. The molecule has 0 saturated carbocycles. The molecule has 0 aliphatic heterocycles. The van der Waals surface area contributed by atoms with Crippen LogP contribution in [0.1, 0.15) is 24.5 Å². The van der Waals surface area contributed by atoms with Gasteiger partial charge in [0.1, 0.15) is 11.6 Å². The molecule has 1 aromatic heterocycles. The molecule has 5 nitrogen and oxygen atoms in total. The van der Waals surface area contributed by atoms with E-state index in [-0.39, 0.29) is 22.6 Å². The van der Waals surface area contributed by atoms with Crippen molar-refractivity contribution in [1.29, 1.82) is 0 Å². The average Bonchev–Trinajstić information content (AvgIpc) is 3.13. The zero-order chi connectivity index (χ0) is 19.4. The van der Waals surface area contributed by atoms with Gasteiger partial charge in [-0.3, -0.25) is 0 Å². The van der Waals surface area contributed by atoms with Crippen LogP contribution < -0.4 is 0 Å². The number of ether oxygens (including phenoxy) is 1. The Morgan fingerprint density at radius 2 is 1.93 bits per heavy atom. The number of carbonyl (C=O) groups is 1. The number of esters is 1. The monoisotopic (exact) mass is 390 g/mol. The fourth-order valence-corrected chi connectivity index (χ4v) is 2.34. The van der Waals surface area contributed by atoms with E-state index in [1.54, 1.807) is 6.92 Å². The Labute approximate surface area is 158 Å². The molecule has 0 bridgehead atoms. The second kappa shape index (κ2) is 8.09. The summed E-state index contributed by atoms with van der Waals surface area (Å²) in [6.07, 6.45) is 1.83. The summed E-state index contributed by atoms with van der Waals surface area (Å²) in [5.41, 5.74) is 1.09. The minimum absolute atomic E-state index is 0.0435. The zero-order valence-corrected chi connectivity index (χ0v) is 14.8. The molecule has 138 valence electrons. The third-order valence-electron chi connectivity index (χ3n) is 3.53. The molecule has 2 aromatic carbocycles. The Bertz CT molecular complexity index is 987. The first-order valence-corrected chi connectivity index (χ1v) is 8.23. The number of aromatic nitrogens is 2. The van der Waals surface area contributed by atoms with Crippen LogP contribution in [0.4, 0.5) is 8.78 Å². The Hall–Kier alpha value is -3.06. The average molecular weight is 391 g/mol. The molecule has 0 amide bonds. The van der Waals surface area contributed by atoms with Gasteiger partial charge < -0.3 is 9.15 Å². The number of hydrogen-bond donors (Lipinski definition) is 0. The maximum Gasteiger partial charge on any atom is 0.331 e. The molecule has 0 spiro atoms. The molecule has 0 fully saturated rings. The van der Waals surface area contributed by atoms with Gasteiger partial charge >= 0.3 is 5.97 Å². The molecule has 0 aliphatic carbocycles. The van der Waals surface area contributed by atoms with E-state index in [0.717, 1.165) is 0 Å². The molecule has 0 saturated heterocycles. The number of hydrogen-bond acceptors (Lipinski definition) is 5. The van der Waals surface area contributed by atoms with Gasteiger partial charge in [-0.05, 0) is 55.0 Å². The molecule has 0 N–H and O–H groups in total. The van der Waals surface area contributed by atoms with Crippen LogP contribution >= 0.6 is 11.6 Å². The predicted molar refractivity (Wildman–Crippen MR) is 94.6 cm³/mol. The second-order valence-corrected chi connectivity index (χ2v) is 5.95. The summed E-state index contributed by atoms with van der Waals surface area (Å²) < 4.78 is 36.7. The molecule has 8 heteroatoms. The van der Waals surface area contributed by atoms with Gasteiger partial charge in [0.15, 0.2) is 6.10 Å². The lowest BCUT2D eigenvalue weighted by Gasteiger charge is -2.06. The third kappa shape index (κ3) is 4.77. The molecule has 3 rings (SSSR count). The highest BCUT2D eigenvalue weighted by Gasteiger charge is 2.18. The number of carbonyl (C=O) groups excluding carboxylic acids is 1. The topological polar surface area (TPSA) is 65.2 Å². The summed E-state index contributed by atoms with van der Waals surface area (Å²) >= 11 is 5.68. The van der Waals surface area contributed by atoms with E-state index in [0.29, 0.717) is 11.1 Å². The van der Waals surface area contributed by atoms with E-state index in [1.165, 1.54) is 54.6 Å². The Kier molecular flexibility index (Phi) is 5.61. The highest BCUT2D eigenvalue weighted by molar-refractivity contribution is 6.30. The van der Waals surface area contributed by atoms with Crippen LogP contribution in [-0.4, -0.2) is 16.2 Å². The van der Waals surface area contributed by atoms with Crippen molar-refractivity contribution < 1.29 is 22.7 Å². The van der Waals surface area contributed by atoms with Gasteiger partial charge in [0, 0.05) is 11.6 Å². The van der Waals surface area contributed by atoms with Gasteiger partial charge in [0.05, 0.1) is 5.02 Å². The summed E-state index contributed by atoms with van der Waals surface area (Å²) in [4.78, 5) is 11.9. The summed E-state index contributed by atoms with van der Waals surface area (Å²) in [5, 5.41) is 7.65. The molecule has 27 heavy (non-hydrogen) atoms. The largest absolute Gasteiger partial charge is 0.449 e. The van der Waals surface area contributed by atoms with Gasteiger partial charge in [-0.25, -0.2) is 13.6 Å². The van der Waals surface area contributed by atoms with Crippen LogP contribution in [0.3, 0.4) is 0 Å². The summed E-state index contributed by atoms with van der Waals surface area (Å²) in [6.45, 7) is 1.57. The van der Waals surface area contributed by atoms with Gasteiger partial charge in [-0.15, -0.1) is 10.2 Å². The van der Waals surface area contributed by atoms with E-state index in [1.807, 2.05) is 0 Å². The van der Waals surface area contributed by atoms with E-state index in [4.69, 9.17) is 20.8 Å². The maximum absolute atomic E-state index is 13.1. The molecule has 0 unspecified atom stereocenters. The Balaban J connectivity index is 1.63. The molecular formula is C19H13ClF2N2O3. The fourth-order valence-electron chi connectivity index (χ4n) is 2.15. The lowest BCUT2D eigenvalue weighted by molar-refractivity contribution is -0.143. The number of benzene rings is 2. The van der Waals surface area contributed by atoms with Crippen molar-refractivity contribution in [3.63, 3.8) is 0 Å². The van der Waals surface area contributed by atoms with Crippen molar-refractivity contribution in [2.45, 2.75) is 13.0 Å². The molecule has 0 radical (unpaired) electrons. The Morgan fingerprint density at radius 1 is 1.19 bits per heavy atom. The van der Waals surface area contributed by atoms with E-state index >= 15 is 0 Å².